The molecule has 1 amide bonds. The van der Waals surface area contributed by atoms with Crippen molar-refractivity contribution in [3.8, 4) is 5.69 Å². The summed E-state index contributed by atoms with van der Waals surface area (Å²) in [7, 11) is 0. The van der Waals surface area contributed by atoms with E-state index in [0.29, 0.717) is 34.7 Å². The van der Waals surface area contributed by atoms with Crippen molar-refractivity contribution in [3.05, 3.63) is 65.0 Å². The molecule has 0 atom stereocenters. The Morgan fingerprint density at radius 2 is 2.07 bits per heavy atom. The third-order valence-corrected chi connectivity index (χ3v) is 6.31. The van der Waals surface area contributed by atoms with Crippen molar-refractivity contribution in [1.29, 1.82) is 0 Å². The van der Waals surface area contributed by atoms with Gasteiger partial charge in [0.2, 0.25) is 5.91 Å². The molecule has 1 aliphatic heterocycles. The number of hydrogen-bond acceptors (Lipinski definition) is 5. The molecule has 0 saturated carbocycles. The van der Waals surface area contributed by atoms with Gasteiger partial charge in [-0.15, -0.1) is 10.2 Å². The van der Waals surface area contributed by atoms with Crippen molar-refractivity contribution in [2.45, 2.75) is 43.1 Å². The zero-order valence-corrected chi connectivity index (χ0v) is 17.9. The maximum atomic E-state index is 13.3. The largest absolute Gasteiger partial charge is 0.335 e. The predicted molar refractivity (Wildman–Crippen MR) is 114 cm³/mol. The smallest absolute Gasteiger partial charge is 0.222 e. The second-order valence-electron chi connectivity index (χ2n) is 7.10. The van der Waals surface area contributed by atoms with Gasteiger partial charge in [0.15, 0.2) is 11.0 Å². The molecule has 0 bridgehead atoms. The standard InChI is InChI=1S/C21H21ClFN5OS/c22-18-11-16(23)8-7-15(18)14-30-21-26-25-19(28(21)17-5-4-9-24-12-17)13-27-10-3-1-2-6-20(27)29/h4-5,7-9,11-12H,1-3,6,10,13-14H2. The fraction of sp³-hybridized carbons (Fsp3) is 0.333. The number of benzene rings is 1. The Bertz CT molecular complexity index is 1030. The molecule has 3 heterocycles. The van der Waals surface area contributed by atoms with E-state index < -0.39 is 0 Å². The highest BCUT2D eigenvalue weighted by molar-refractivity contribution is 7.98. The van der Waals surface area contributed by atoms with Crippen LogP contribution in [0.25, 0.3) is 5.69 Å². The van der Waals surface area contributed by atoms with Crippen LogP contribution in [0, 0.1) is 5.82 Å². The number of carbonyl (C=O) groups is 1. The lowest BCUT2D eigenvalue weighted by Crippen LogP contribution is -2.31. The highest BCUT2D eigenvalue weighted by atomic mass is 35.5. The molecule has 9 heteroatoms. The van der Waals surface area contributed by atoms with Crippen LogP contribution in [0.5, 0.6) is 0 Å². The first-order valence-corrected chi connectivity index (χ1v) is 11.2. The van der Waals surface area contributed by atoms with Gasteiger partial charge in [0.05, 0.1) is 18.4 Å². The second-order valence-corrected chi connectivity index (χ2v) is 8.45. The van der Waals surface area contributed by atoms with Crippen molar-refractivity contribution >= 4 is 29.3 Å². The molecule has 0 aliphatic carbocycles. The Kier molecular flexibility index (Phi) is 6.64. The predicted octanol–water partition coefficient (Wildman–Crippen LogP) is 4.65. The number of nitrogens with zero attached hydrogens (tertiary/aromatic N) is 5. The van der Waals surface area contributed by atoms with E-state index in [1.165, 1.54) is 23.9 Å². The summed E-state index contributed by atoms with van der Waals surface area (Å²) in [6, 6.07) is 8.15. The molecule has 3 aromatic rings. The van der Waals surface area contributed by atoms with Crippen LogP contribution >= 0.6 is 23.4 Å². The van der Waals surface area contributed by atoms with Crippen molar-refractivity contribution < 1.29 is 9.18 Å². The number of pyridine rings is 1. The van der Waals surface area contributed by atoms with Gasteiger partial charge in [0.25, 0.3) is 0 Å². The molecule has 1 aromatic carbocycles. The Hall–Kier alpha value is -2.45. The zero-order valence-electron chi connectivity index (χ0n) is 16.3. The van der Waals surface area contributed by atoms with E-state index >= 15 is 0 Å². The van der Waals surface area contributed by atoms with Gasteiger partial charge in [-0.2, -0.15) is 0 Å². The minimum absolute atomic E-state index is 0.153. The fourth-order valence-corrected chi connectivity index (χ4v) is 4.69. The maximum absolute atomic E-state index is 13.3. The highest BCUT2D eigenvalue weighted by Crippen LogP contribution is 2.29. The quantitative estimate of drug-likeness (QED) is 0.517. The Balaban J connectivity index is 1.61. The summed E-state index contributed by atoms with van der Waals surface area (Å²) in [6.07, 6.45) is 7.02. The van der Waals surface area contributed by atoms with Crippen LogP contribution in [-0.4, -0.2) is 37.1 Å². The molecule has 2 aromatic heterocycles. The lowest BCUT2D eigenvalue weighted by Gasteiger charge is -2.20. The van der Waals surface area contributed by atoms with Crippen molar-refractivity contribution in [2.75, 3.05) is 6.54 Å². The first-order chi connectivity index (χ1) is 14.6. The van der Waals surface area contributed by atoms with Gasteiger partial charge in [-0.05, 0) is 42.7 Å². The number of carbonyl (C=O) groups excluding carboxylic acids is 1. The fourth-order valence-electron chi connectivity index (χ4n) is 3.40. The van der Waals surface area contributed by atoms with Gasteiger partial charge in [-0.3, -0.25) is 14.3 Å². The van der Waals surface area contributed by atoms with Gasteiger partial charge >= 0.3 is 0 Å². The van der Waals surface area contributed by atoms with E-state index in [9.17, 15) is 9.18 Å². The molecule has 0 radical (unpaired) electrons. The topological polar surface area (TPSA) is 63.9 Å². The zero-order chi connectivity index (χ0) is 20.9. The number of amides is 1. The Morgan fingerprint density at radius 1 is 1.17 bits per heavy atom. The molecule has 6 nitrogen and oxygen atoms in total. The van der Waals surface area contributed by atoms with Gasteiger partial charge in [0.1, 0.15) is 5.82 Å². The van der Waals surface area contributed by atoms with Crippen molar-refractivity contribution in [2.24, 2.45) is 0 Å². The van der Waals surface area contributed by atoms with E-state index in [4.69, 9.17) is 11.6 Å². The van der Waals surface area contributed by atoms with Crippen molar-refractivity contribution in [1.82, 2.24) is 24.6 Å². The maximum Gasteiger partial charge on any atom is 0.222 e. The molecule has 0 N–H and O–H groups in total. The Labute approximate surface area is 183 Å². The average molecular weight is 446 g/mol. The van der Waals surface area contributed by atoms with Crippen LogP contribution in [-0.2, 0) is 17.1 Å². The van der Waals surface area contributed by atoms with Gasteiger partial charge in [-0.1, -0.05) is 35.9 Å². The highest BCUT2D eigenvalue weighted by Gasteiger charge is 2.22. The number of hydrogen-bond donors (Lipinski definition) is 0. The van der Waals surface area contributed by atoms with Crippen LogP contribution in [0.1, 0.15) is 37.1 Å². The monoisotopic (exact) mass is 445 g/mol. The minimum Gasteiger partial charge on any atom is -0.335 e. The molecule has 0 unspecified atom stereocenters. The molecular weight excluding hydrogens is 425 g/mol. The molecule has 156 valence electrons. The van der Waals surface area contributed by atoms with Gasteiger partial charge < -0.3 is 4.90 Å². The van der Waals surface area contributed by atoms with E-state index in [1.807, 2.05) is 21.6 Å². The average Bonchev–Trinajstić information content (AvgIpc) is 3.03. The van der Waals surface area contributed by atoms with Crippen LogP contribution in [0.3, 0.4) is 0 Å². The number of likely N-dealkylation sites (tertiary alicyclic amines) is 1. The third kappa shape index (κ3) is 4.82. The van der Waals surface area contributed by atoms with Crippen LogP contribution in [0.15, 0.2) is 47.9 Å². The molecular formula is C21H21ClFN5OS. The lowest BCUT2D eigenvalue weighted by atomic mass is 10.2. The van der Waals surface area contributed by atoms with E-state index in [0.717, 1.165) is 37.1 Å². The van der Waals surface area contributed by atoms with E-state index in [1.54, 1.807) is 18.5 Å². The molecule has 1 saturated heterocycles. The number of thioether (sulfide) groups is 1. The molecule has 0 spiro atoms. The normalized spacial score (nSPS) is 14.7. The van der Waals surface area contributed by atoms with Crippen LogP contribution < -0.4 is 0 Å². The number of halogens is 2. The SMILES string of the molecule is O=C1CCCCCN1Cc1nnc(SCc2ccc(F)cc2Cl)n1-c1cccnc1. The van der Waals surface area contributed by atoms with Crippen LogP contribution in [0.2, 0.25) is 5.02 Å². The molecule has 1 aliphatic rings. The summed E-state index contributed by atoms with van der Waals surface area (Å²) in [4.78, 5) is 18.5. The first kappa shape index (κ1) is 20.8. The minimum atomic E-state index is -0.364. The second kappa shape index (κ2) is 9.57. The Morgan fingerprint density at radius 3 is 2.87 bits per heavy atom. The first-order valence-electron chi connectivity index (χ1n) is 9.81. The van der Waals surface area contributed by atoms with Gasteiger partial charge in [-0.25, -0.2) is 4.39 Å². The van der Waals surface area contributed by atoms with Gasteiger partial charge in [0, 0.05) is 29.9 Å². The van der Waals surface area contributed by atoms with Crippen molar-refractivity contribution in [3.63, 3.8) is 0 Å². The summed E-state index contributed by atoms with van der Waals surface area (Å²) < 4.78 is 15.2. The van der Waals surface area contributed by atoms with E-state index in [-0.39, 0.29) is 11.7 Å². The van der Waals surface area contributed by atoms with Crippen LogP contribution in [0.4, 0.5) is 4.39 Å². The molecule has 1 fully saturated rings. The summed E-state index contributed by atoms with van der Waals surface area (Å²) in [6.45, 7) is 1.13. The number of rotatable bonds is 6. The van der Waals surface area contributed by atoms with E-state index in [2.05, 4.69) is 15.2 Å². The molecule has 4 rings (SSSR count). The lowest BCUT2D eigenvalue weighted by molar-refractivity contribution is -0.131. The summed E-state index contributed by atoms with van der Waals surface area (Å²) in [5, 5.41) is 9.79. The summed E-state index contributed by atoms with van der Waals surface area (Å²) in [5.74, 6) is 0.989. The third-order valence-electron chi connectivity index (χ3n) is 4.98. The molecule has 30 heavy (non-hydrogen) atoms. The number of aromatic nitrogens is 4. The summed E-state index contributed by atoms with van der Waals surface area (Å²) >= 11 is 7.62. The summed E-state index contributed by atoms with van der Waals surface area (Å²) in [5.41, 5.74) is 1.64.